The number of rotatable bonds is 5. The van der Waals surface area contributed by atoms with Crippen LogP contribution in [0, 0.1) is 12.7 Å². The van der Waals surface area contributed by atoms with Gasteiger partial charge in [0.15, 0.2) is 0 Å². The summed E-state index contributed by atoms with van der Waals surface area (Å²) in [6, 6.07) is 12.1. The minimum Gasteiger partial charge on any atom is -0.495 e. The maximum absolute atomic E-state index is 13.7. The molecule has 1 amide bonds. The van der Waals surface area contributed by atoms with Gasteiger partial charge in [0.1, 0.15) is 11.6 Å². The van der Waals surface area contributed by atoms with Gasteiger partial charge in [-0.15, -0.1) is 0 Å². The molecule has 0 unspecified atom stereocenters. The number of carbonyl (C=O) groups excluding carboxylic acids is 1. The quantitative estimate of drug-likeness (QED) is 0.541. The van der Waals surface area contributed by atoms with E-state index in [9.17, 15) is 9.18 Å². The molecule has 5 nitrogen and oxygen atoms in total. The minimum atomic E-state index is -0.287. The summed E-state index contributed by atoms with van der Waals surface area (Å²) in [4.78, 5) is 19.3. The summed E-state index contributed by atoms with van der Waals surface area (Å²) in [6.07, 6.45) is 7.21. The van der Waals surface area contributed by atoms with Crippen molar-refractivity contribution in [1.29, 1.82) is 0 Å². The number of aromatic nitrogens is 2. The molecule has 3 aromatic rings. The van der Waals surface area contributed by atoms with Gasteiger partial charge in [-0.05, 0) is 68.2 Å². The van der Waals surface area contributed by atoms with Gasteiger partial charge < -0.3 is 14.2 Å². The zero-order chi connectivity index (χ0) is 22.0. The Morgan fingerprint density at radius 2 is 2.06 bits per heavy atom. The van der Waals surface area contributed by atoms with Gasteiger partial charge in [0.25, 0.3) is 0 Å². The van der Waals surface area contributed by atoms with Crippen LogP contribution in [0.3, 0.4) is 0 Å². The normalized spacial score (nSPS) is 16.6. The fourth-order valence-corrected chi connectivity index (χ4v) is 4.03. The predicted molar refractivity (Wildman–Crippen MR) is 119 cm³/mol. The molecular formula is C25H26FN3O2. The van der Waals surface area contributed by atoms with Gasteiger partial charge in [-0.3, -0.25) is 4.79 Å². The molecule has 160 valence electrons. The number of benzene rings is 2. The molecule has 0 aliphatic carbocycles. The molecule has 4 rings (SSSR count). The standard InChI is InChI=1S/C25H26FN3O2/c1-17-15-28(16-27-17)23-10-9-19(13-24(23)31-3)12-21-7-5-11-29(25(21)30)18(2)20-6-4-8-22(26)14-20/h4,6,8-10,12-16,18H,5,7,11H2,1-3H3/b21-12+/t18-/m1/s1. The number of methoxy groups -OCH3 is 1. The molecule has 1 fully saturated rings. The van der Waals surface area contributed by atoms with E-state index in [4.69, 9.17) is 4.74 Å². The highest BCUT2D eigenvalue weighted by Crippen LogP contribution is 2.30. The first-order valence-corrected chi connectivity index (χ1v) is 10.4. The van der Waals surface area contributed by atoms with Crippen LogP contribution in [0.25, 0.3) is 11.8 Å². The van der Waals surface area contributed by atoms with Crippen molar-refractivity contribution in [3.63, 3.8) is 0 Å². The van der Waals surface area contributed by atoms with Gasteiger partial charge >= 0.3 is 0 Å². The van der Waals surface area contributed by atoms with Gasteiger partial charge in [0, 0.05) is 18.3 Å². The average molecular weight is 420 g/mol. The lowest BCUT2D eigenvalue weighted by atomic mass is 9.97. The van der Waals surface area contributed by atoms with E-state index in [0.717, 1.165) is 40.9 Å². The third-order valence-electron chi connectivity index (χ3n) is 5.71. The zero-order valence-corrected chi connectivity index (χ0v) is 18.0. The van der Waals surface area contributed by atoms with Gasteiger partial charge in [-0.2, -0.15) is 0 Å². The summed E-state index contributed by atoms with van der Waals surface area (Å²) in [6.45, 7) is 4.55. The molecular weight excluding hydrogens is 393 g/mol. The van der Waals surface area contributed by atoms with E-state index in [1.165, 1.54) is 12.1 Å². The van der Waals surface area contributed by atoms with E-state index in [1.807, 2.05) is 59.9 Å². The molecule has 2 heterocycles. The summed E-state index contributed by atoms with van der Waals surface area (Å²) in [5.74, 6) is 0.418. The fraction of sp³-hybridized carbons (Fsp3) is 0.280. The maximum Gasteiger partial charge on any atom is 0.250 e. The number of hydrogen-bond acceptors (Lipinski definition) is 3. The second kappa shape index (κ2) is 8.76. The molecule has 0 N–H and O–H groups in total. The predicted octanol–water partition coefficient (Wildman–Crippen LogP) is 5.10. The number of halogens is 1. The topological polar surface area (TPSA) is 47.4 Å². The van der Waals surface area contributed by atoms with Crippen LogP contribution in [0.15, 0.2) is 60.6 Å². The lowest BCUT2D eigenvalue weighted by molar-refractivity contribution is -0.130. The Morgan fingerprint density at radius 3 is 2.77 bits per heavy atom. The van der Waals surface area contributed by atoms with E-state index in [-0.39, 0.29) is 17.8 Å². The second-order valence-electron chi connectivity index (χ2n) is 7.86. The first-order chi connectivity index (χ1) is 15.0. The van der Waals surface area contributed by atoms with E-state index in [2.05, 4.69) is 4.98 Å². The Hall–Kier alpha value is -3.41. The van der Waals surface area contributed by atoms with Crippen molar-refractivity contribution in [2.45, 2.75) is 32.7 Å². The van der Waals surface area contributed by atoms with Crippen LogP contribution in [-0.4, -0.2) is 34.0 Å². The molecule has 0 spiro atoms. The smallest absolute Gasteiger partial charge is 0.250 e. The molecule has 6 heteroatoms. The highest BCUT2D eigenvalue weighted by molar-refractivity contribution is 5.98. The lowest BCUT2D eigenvalue weighted by Gasteiger charge is -2.34. The van der Waals surface area contributed by atoms with Crippen molar-refractivity contribution in [3.8, 4) is 11.4 Å². The van der Waals surface area contributed by atoms with Crippen LogP contribution in [-0.2, 0) is 4.79 Å². The Morgan fingerprint density at radius 1 is 1.23 bits per heavy atom. The molecule has 1 atom stereocenters. The third kappa shape index (κ3) is 4.38. The largest absolute Gasteiger partial charge is 0.495 e. The fourth-order valence-electron chi connectivity index (χ4n) is 4.03. The number of ether oxygens (including phenoxy) is 1. The van der Waals surface area contributed by atoms with E-state index in [1.54, 1.807) is 19.5 Å². The Labute approximate surface area is 181 Å². The van der Waals surface area contributed by atoms with E-state index >= 15 is 0 Å². The van der Waals surface area contributed by atoms with Gasteiger partial charge in [-0.1, -0.05) is 18.2 Å². The van der Waals surface area contributed by atoms with Crippen LogP contribution in [0.4, 0.5) is 4.39 Å². The second-order valence-corrected chi connectivity index (χ2v) is 7.86. The summed E-state index contributed by atoms with van der Waals surface area (Å²) < 4.78 is 21.2. The Balaban J connectivity index is 1.60. The number of imidazole rings is 1. The zero-order valence-electron chi connectivity index (χ0n) is 18.0. The average Bonchev–Trinajstić information content (AvgIpc) is 3.20. The third-order valence-corrected chi connectivity index (χ3v) is 5.71. The van der Waals surface area contributed by atoms with Crippen molar-refractivity contribution < 1.29 is 13.9 Å². The molecule has 1 aliphatic heterocycles. The van der Waals surface area contributed by atoms with Gasteiger partial charge in [0.2, 0.25) is 5.91 Å². The number of likely N-dealkylation sites (tertiary alicyclic amines) is 1. The summed E-state index contributed by atoms with van der Waals surface area (Å²) in [5, 5.41) is 0. The molecule has 0 saturated carbocycles. The van der Waals surface area contributed by atoms with Gasteiger partial charge in [-0.25, -0.2) is 9.37 Å². The van der Waals surface area contributed by atoms with Crippen molar-refractivity contribution in [3.05, 3.63) is 83.2 Å². The van der Waals surface area contributed by atoms with Crippen LogP contribution < -0.4 is 4.74 Å². The summed E-state index contributed by atoms with van der Waals surface area (Å²) in [5.41, 5.74) is 4.27. The first kappa shape index (κ1) is 20.8. The van der Waals surface area contributed by atoms with E-state index < -0.39 is 0 Å². The van der Waals surface area contributed by atoms with E-state index in [0.29, 0.717) is 12.3 Å². The van der Waals surface area contributed by atoms with Gasteiger partial charge in [0.05, 0.1) is 30.9 Å². The van der Waals surface area contributed by atoms with Crippen molar-refractivity contribution in [1.82, 2.24) is 14.5 Å². The molecule has 31 heavy (non-hydrogen) atoms. The molecule has 1 saturated heterocycles. The number of hydrogen-bond donors (Lipinski definition) is 0. The van der Waals surface area contributed by atoms with Crippen molar-refractivity contribution >= 4 is 12.0 Å². The molecule has 0 bridgehead atoms. The molecule has 2 aromatic carbocycles. The highest BCUT2D eigenvalue weighted by atomic mass is 19.1. The molecule has 0 radical (unpaired) electrons. The molecule has 1 aromatic heterocycles. The number of carbonyl (C=O) groups is 1. The Bertz CT molecular complexity index is 1140. The van der Waals surface area contributed by atoms with Crippen LogP contribution >= 0.6 is 0 Å². The minimum absolute atomic E-state index is 0.00344. The van der Waals surface area contributed by atoms with Crippen LogP contribution in [0.1, 0.15) is 42.6 Å². The van der Waals surface area contributed by atoms with Crippen LogP contribution in [0.2, 0.25) is 0 Å². The maximum atomic E-state index is 13.7. The number of nitrogens with zero attached hydrogens (tertiary/aromatic N) is 3. The SMILES string of the molecule is COc1cc(/C=C2\CCCN([C@H](C)c3cccc(F)c3)C2=O)ccc1-n1cnc(C)c1. The highest BCUT2D eigenvalue weighted by Gasteiger charge is 2.28. The monoisotopic (exact) mass is 419 g/mol. The van der Waals surface area contributed by atoms with Crippen molar-refractivity contribution in [2.75, 3.05) is 13.7 Å². The summed E-state index contributed by atoms with van der Waals surface area (Å²) in [7, 11) is 1.63. The lowest BCUT2D eigenvalue weighted by Crippen LogP contribution is -2.38. The summed E-state index contributed by atoms with van der Waals surface area (Å²) >= 11 is 0. The molecule has 1 aliphatic rings. The van der Waals surface area contributed by atoms with Crippen LogP contribution in [0.5, 0.6) is 5.75 Å². The number of amides is 1. The first-order valence-electron chi connectivity index (χ1n) is 10.4. The number of aryl methyl sites for hydroxylation is 1. The van der Waals surface area contributed by atoms with Crippen molar-refractivity contribution in [2.24, 2.45) is 0 Å². The Kier molecular flexibility index (Phi) is 5.89. The number of piperidine rings is 1.